The summed E-state index contributed by atoms with van der Waals surface area (Å²) in [5.41, 5.74) is 16.8. The maximum absolute atomic E-state index is 14.0. The number of fused-ring (bicyclic) bond motifs is 6. The van der Waals surface area contributed by atoms with Crippen molar-refractivity contribution in [2.75, 3.05) is 49.2 Å². The molecule has 41 nitrogen and oxygen atoms in total. The minimum absolute atomic E-state index is 0.00857. The third kappa shape index (κ3) is 27.4. The topological polar surface area (TPSA) is 572 Å². The van der Waals surface area contributed by atoms with E-state index in [1.165, 1.54) is 66.8 Å². The number of aliphatic carboxylic acids is 2. The summed E-state index contributed by atoms with van der Waals surface area (Å²) < 4.78 is 20.2. The molecule has 128 heavy (non-hydrogen) atoms. The molecule has 4 aliphatic rings. The van der Waals surface area contributed by atoms with Crippen LogP contribution in [0.15, 0.2) is 128 Å². The Morgan fingerprint density at radius 3 is 1.39 bits per heavy atom. The van der Waals surface area contributed by atoms with Crippen molar-refractivity contribution in [3.8, 4) is 0 Å². The number of primary amides is 2. The number of H-pyrrole nitrogens is 2. The molecule has 8 aromatic rings. The summed E-state index contributed by atoms with van der Waals surface area (Å²) in [6, 6.07) is 12.2. The minimum atomic E-state index is -1.66. The van der Waals surface area contributed by atoms with E-state index >= 15 is 0 Å². The van der Waals surface area contributed by atoms with Gasteiger partial charge in [0.25, 0.3) is 5.65 Å². The molecule has 0 aliphatic carbocycles. The molecule has 18 N–H and O–H groups in total. The van der Waals surface area contributed by atoms with Crippen molar-refractivity contribution >= 4 is 171 Å². The fourth-order valence-electron chi connectivity index (χ4n) is 15.1. The fraction of sp³-hybridized carbons (Fsp3) is 0.458. The number of hydrogen-bond acceptors (Lipinski definition) is 23. The average molecular weight is 1850 g/mol. The van der Waals surface area contributed by atoms with Crippen LogP contribution in [0.5, 0.6) is 0 Å². The number of hydrogen-bond donors (Lipinski definition) is 16. The Balaban J connectivity index is 0.000000248. The first-order valence-electron chi connectivity index (χ1n) is 41.7. The van der Waals surface area contributed by atoms with E-state index in [4.69, 9.17) is 20.9 Å². The van der Waals surface area contributed by atoms with Crippen LogP contribution in [-0.4, -0.2) is 260 Å². The molecule has 2 aromatic carbocycles. The molecular weight excluding hydrogens is 1740 g/mol. The van der Waals surface area contributed by atoms with Crippen LogP contribution < -0.4 is 73.8 Å². The van der Waals surface area contributed by atoms with Gasteiger partial charge in [0.15, 0.2) is 6.20 Å². The molecule has 10 heterocycles. The molecule has 0 bridgehead atoms. The second-order valence-corrected chi connectivity index (χ2v) is 36.3. The highest BCUT2D eigenvalue weighted by atomic mass is 33.1. The number of carbonyl (C=O) groups is 16. The maximum atomic E-state index is 14.0. The van der Waals surface area contributed by atoms with Crippen LogP contribution in [0.3, 0.4) is 0 Å². The van der Waals surface area contributed by atoms with E-state index < -0.39 is 193 Å². The van der Waals surface area contributed by atoms with E-state index in [0.717, 1.165) is 44.2 Å². The molecule has 14 amide bonds. The largest absolute Gasteiger partial charge is 0.481 e. The van der Waals surface area contributed by atoms with Gasteiger partial charge >= 0.3 is 17.6 Å². The maximum Gasteiger partial charge on any atom is 0.307 e. The lowest BCUT2D eigenvalue weighted by atomic mass is 10.1. The normalized spacial score (nSPS) is 23.7. The Labute approximate surface area is 749 Å². The predicted octanol–water partition coefficient (Wildman–Crippen LogP) is -0.835. The molecule has 4 unspecified atom stereocenters. The summed E-state index contributed by atoms with van der Waals surface area (Å²) in [4.78, 5) is 220. The number of nitrogens with one attached hydrogen (secondary N) is 12. The number of carbonyl (C=O) groups excluding carboxylic acids is 14. The van der Waals surface area contributed by atoms with Crippen LogP contribution in [0.1, 0.15) is 102 Å². The number of pyridine rings is 1. The van der Waals surface area contributed by atoms with Crippen LogP contribution in [0.4, 0.5) is 0 Å². The van der Waals surface area contributed by atoms with Gasteiger partial charge in [-0.05, 0) is 76.6 Å². The second-order valence-electron chi connectivity index (χ2n) is 31.0. The van der Waals surface area contributed by atoms with Gasteiger partial charge in [-0.2, -0.15) is 0 Å². The van der Waals surface area contributed by atoms with E-state index in [9.17, 15) is 86.9 Å². The lowest BCUT2D eigenvalue weighted by molar-refractivity contribution is -0.671. The summed E-state index contributed by atoms with van der Waals surface area (Å²) >= 11 is 0. The monoisotopic (exact) mass is 1840 g/mol. The number of carboxylic acid groups (broad SMARTS) is 2. The zero-order chi connectivity index (χ0) is 91.5. The third-order valence-corrected chi connectivity index (χ3v) is 26.6. The van der Waals surface area contributed by atoms with Crippen molar-refractivity contribution in [1.29, 1.82) is 0 Å². The van der Waals surface area contributed by atoms with Crippen LogP contribution in [0.2, 0.25) is 0 Å². The van der Waals surface area contributed by atoms with Gasteiger partial charge in [0, 0.05) is 119 Å². The van der Waals surface area contributed by atoms with Gasteiger partial charge in [-0.15, -0.1) is 4.52 Å². The summed E-state index contributed by atoms with van der Waals surface area (Å²) in [6.45, 7) is 2.82. The zero-order valence-corrected chi connectivity index (χ0v) is 73.5. The molecule has 12 atom stereocenters. The lowest BCUT2D eigenvalue weighted by Crippen LogP contribution is -2.58. The number of aromatic nitrogens is 7. The van der Waals surface area contributed by atoms with Crippen molar-refractivity contribution in [3.05, 3.63) is 140 Å². The third-order valence-electron chi connectivity index (χ3n) is 21.7. The minimum Gasteiger partial charge on any atom is -0.481 e. The van der Waals surface area contributed by atoms with Gasteiger partial charge in [-0.3, -0.25) is 76.7 Å². The van der Waals surface area contributed by atoms with E-state index in [0.29, 0.717) is 38.8 Å². The number of imidazole rings is 2. The highest BCUT2D eigenvalue weighted by Crippen LogP contribution is 2.30. The second kappa shape index (κ2) is 46.9. The Hall–Kier alpha value is -12.3. The number of unbranched alkanes of at least 4 members (excludes halogenated alkanes) is 2. The van der Waals surface area contributed by atoms with Crippen molar-refractivity contribution in [3.63, 3.8) is 0 Å². The molecule has 0 saturated carbocycles. The first-order chi connectivity index (χ1) is 61.5. The lowest BCUT2D eigenvalue weighted by Gasteiger charge is -2.28. The highest BCUT2D eigenvalue weighted by molar-refractivity contribution is 8.77. The van der Waals surface area contributed by atoms with Gasteiger partial charge in [0.1, 0.15) is 79.0 Å². The van der Waals surface area contributed by atoms with E-state index in [2.05, 4.69) is 72.8 Å². The fourth-order valence-corrected chi connectivity index (χ4v) is 19.4. The number of aromatic amines is 2. The number of ether oxygens (including phenoxy) is 2. The number of amides is 14. The number of rotatable bonds is 22. The Kier molecular flexibility index (Phi) is 35.3. The van der Waals surface area contributed by atoms with E-state index in [1.54, 1.807) is 16.9 Å². The Bertz CT molecular complexity index is 5040. The first-order valence-corrected chi connectivity index (χ1v) is 46.7. The van der Waals surface area contributed by atoms with Gasteiger partial charge < -0.3 is 104 Å². The number of benzene rings is 2. The molecule has 4 fully saturated rings. The Morgan fingerprint density at radius 1 is 0.484 bits per heavy atom. The van der Waals surface area contributed by atoms with Crippen LogP contribution in [-0.2, 0) is 112 Å². The predicted molar refractivity (Wildman–Crippen MR) is 469 cm³/mol. The average Bonchev–Trinajstić information content (AvgIpc) is 1.66. The molecule has 45 heteroatoms. The summed E-state index contributed by atoms with van der Waals surface area (Å²) in [6.07, 6.45) is 14.6. The molecule has 0 radical (unpaired) electrons. The standard InChI is InChI=1S/C42H52N10O10S2.C41H51N11O10S2/c1-25-42(61)52-22-27(62-23-26-20-44-29-9-3-2-8-28(26)29)18-33(52)41(60)49-32(38(43)57)24-64-63-17-12-34(53)47-30(10-4-6-13-50-15-16-51-14-7-5-11-36(50)51)39(58)45-21-35(54)48-31(19-37(55)56)40(59)46-25;1-24-41(61)51-21-26(62-22-25-19-43-28-8-3-2-7-27(25)28)17-32(51)40(60)49-31(37(42)57)23-64-63-16-11-33(53)47-29(9-4-5-13-50-14-15-52-35(50)10-6-12-45-52)38(58)44-20-34(54)48-30(18-36(55)56)39(59)46-24/h2-3,5,7-9,11,14-16,20,25,27,30-33,44H,4,6,10,12-13,17-19,21-24H2,1H3,(H7-,43,45,46,47,48,49,53,54,55,56,57,58,59,60);2-3,6-8,10,12,14-15,19,24,26,29-32,43H,4-5,9,11,13,16-18,20-23H2,1H3,(H7-,42,44,46,47,48,49,53,54,55,56,57,58,59,60)/p+2/t25-,27?,30?,31-,32-,33-;24-,26?,29?,30-,31-,32-/m00/s1. The van der Waals surface area contributed by atoms with Crippen LogP contribution in [0.25, 0.3) is 33.1 Å². The molecule has 684 valence electrons. The molecule has 0 spiro atoms. The first kappa shape index (κ1) is 96.3. The van der Waals surface area contributed by atoms with Gasteiger partial charge in [-0.1, -0.05) is 90.7 Å². The zero-order valence-electron chi connectivity index (χ0n) is 70.2. The molecular formula is C83H105N21O20S4+2. The quantitative estimate of drug-likeness (QED) is 0.0224. The molecule has 4 saturated heterocycles. The van der Waals surface area contributed by atoms with Crippen molar-refractivity contribution < 1.29 is 106 Å². The van der Waals surface area contributed by atoms with Gasteiger partial charge in [-0.25, -0.2) is 13.5 Å². The Morgan fingerprint density at radius 2 is 0.922 bits per heavy atom. The van der Waals surface area contributed by atoms with Crippen LogP contribution in [0, 0.1) is 0 Å². The van der Waals surface area contributed by atoms with Crippen molar-refractivity contribution in [1.82, 2.24) is 87.0 Å². The number of carboxylic acids is 2. The van der Waals surface area contributed by atoms with Crippen molar-refractivity contribution in [2.45, 2.75) is 190 Å². The molecule has 6 aromatic heterocycles. The number of para-hydroxylation sites is 2. The van der Waals surface area contributed by atoms with Gasteiger partial charge in [0.05, 0.1) is 76.8 Å². The molecule has 12 rings (SSSR count). The van der Waals surface area contributed by atoms with Crippen LogP contribution >= 0.6 is 43.2 Å². The number of nitrogens with zero attached hydrogens (tertiary/aromatic N) is 7. The summed E-state index contributed by atoms with van der Waals surface area (Å²) in [7, 11) is 4.92. The van der Waals surface area contributed by atoms with Crippen molar-refractivity contribution in [2.24, 2.45) is 11.5 Å². The highest BCUT2D eigenvalue weighted by Gasteiger charge is 2.46. The van der Waals surface area contributed by atoms with E-state index in [-0.39, 0.29) is 87.8 Å². The number of aryl methyl sites for hydroxylation is 2. The smallest absolute Gasteiger partial charge is 0.307 e. The number of nitrogens with two attached hydrogens (primary N) is 2. The van der Waals surface area contributed by atoms with E-state index in [1.807, 2.05) is 125 Å². The van der Waals surface area contributed by atoms with Gasteiger partial charge in [0.2, 0.25) is 82.7 Å². The summed E-state index contributed by atoms with van der Waals surface area (Å²) in [5.74, 6) is -12.7. The summed E-state index contributed by atoms with van der Waals surface area (Å²) in [5, 5.41) is 50.7. The molecule has 4 aliphatic heterocycles. The SMILES string of the molecule is C[C@@H]1NC(=O)[C@H](CC(=O)O)NC(=O)CNC(=O)C(CCCC[n+]2ccn3ccccc32)NC(=O)CCSSC[C@@H](C(N)=O)NC(=O)[C@@H]2CC(OCc3c[nH]c4ccccc34)CN2C1=O.C[C@@H]1NC(=O)[C@H](CC(=O)O)NC(=O)CNC(=O)C(CCCC[n+]2ccn3ncccc32)NC(=O)CCSSC[C@@H](C(N)=O)NC(=O)[C@@H]2CC(OCc3c[nH]c4ccccc34)CN2C1=O.